The van der Waals surface area contributed by atoms with Gasteiger partial charge in [-0.05, 0) is 56.4 Å². The van der Waals surface area contributed by atoms with Gasteiger partial charge in [0.25, 0.3) is 0 Å². The maximum Gasteiger partial charge on any atom is 0.243 e. The number of aryl methyl sites for hydroxylation is 3. The molecular weight excluding hydrogens is 324 g/mol. The Balaban J connectivity index is 1.92. The predicted octanol–water partition coefficient (Wildman–Crippen LogP) is 3.77. The van der Waals surface area contributed by atoms with Gasteiger partial charge in [-0.3, -0.25) is 0 Å². The molecule has 2 heterocycles. The van der Waals surface area contributed by atoms with Crippen LogP contribution >= 0.6 is 0 Å². The molecule has 0 N–H and O–H groups in total. The molecule has 1 atom stereocenters. The second kappa shape index (κ2) is 6.69. The summed E-state index contributed by atoms with van der Waals surface area (Å²) in [4.78, 5) is 0.356. The molecule has 1 aromatic heterocycles. The molecular formula is C18H24N2O3S. The van der Waals surface area contributed by atoms with Crippen LogP contribution in [0.4, 0.5) is 0 Å². The van der Waals surface area contributed by atoms with Gasteiger partial charge in [-0.15, -0.1) is 0 Å². The van der Waals surface area contributed by atoms with Crippen molar-refractivity contribution >= 4 is 10.0 Å². The Morgan fingerprint density at radius 2 is 2.04 bits per heavy atom. The van der Waals surface area contributed by atoms with Crippen LogP contribution in [-0.2, 0) is 16.4 Å². The minimum Gasteiger partial charge on any atom is -0.361 e. The van der Waals surface area contributed by atoms with Crippen LogP contribution in [0.3, 0.4) is 0 Å². The monoisotopic (exact) mass is 348 g/mol. The Labute approximate surface area is 143 Å². The third kappa shape index (κ3) is 3.13. The third-order valence-corrected chi connectivity index (χ3v) is 6.61. The van der Waals surface area contributed by atoms with Gasteiger partial charge in [0.1, 0.15) is 11.5 Å². The van der Waals surface area contributed by atoms with Crippen LogP contribution in [0.1, 0.15) is 54.8 Å². The molecule has 0 bridgehead atoms. The molecule has 3 rings (SSSR count). The van der Waals surface area contributed by atoms with Crippen LogP contribution in [0.15, 0.2) is 33.7 Å². The first-order valence-corrected chi connectivity index (χ1v) is 9.92. The van der Waals surface area contributed by atoms with Crippen molar-refractivity contribution in [3.63, 3.8) is 0 Å². The molecule has 1 aliphatic rings. The predicted molar refractivity (Wildman–Crippen MR) is 92.3 cm³/mol. The van der Waals surface area contributed by atoms with Crippen molar-refractivity contribution in [2.45, 2.75) is 57.4 Å². The molecule has 1 saturated heterocycles. The fourth-order valence-electron chi connectivity index (χ4n) is 3.18. The van der Waals surface area contributed by atoms with Crippen molar-refractivity contribution in [1.29, 1.82) is 0 Å². The summed E-state index contributed by atoms with van der Waals surface area (Å²) in [5, 5.41) is 4.12. The highest BCUT2D eigenvalue weighted by Gasteiger charge is 2.37. The molecule has 1 aliphatic heterocycles. The normalized spacial score (nSPS) is 19.0. The quantitative estimate of drug-likeness (QED) is 0.825. The summed E-state index contributed by atoms with van der Waals surface area (Å²) in [5.74, 6) is 0.822. The molecule has 0 unspecified atom stereocenters. The molecule has 6 heteroatoms. The van der Waals surface area contributed by atoms with Crippen molar-refractivity contribution in [2.75, 3.05) is 6.54 Å². The number of benzene rings is 1. The molecule has 0 aliphatic carbocycles. The number of hydrogen-bond donors (Lipinski definition) is 0. The fraction of sp³-hybridized carbons (Fsp3) is 0.500. The van der Waals surface area contributed by atoms with Crippen molar-refractivity contribution in [3.8, 4) is 0 Å². The molecule has 5 nitrogen and oxygen atoms in total. The number of hydrogen-bond acceptors (Lipinski definition) is 4. The van der Waals surface area contributed by atoms with Gasteiger partial charge in [-0.2, -0.15) is 4.31 Å². The van der Waals surface area contributed by atoms with Crippen LogP contribution in [0, 0.1) is 13.8 Å². The summed E-state index contributed by atoms with van der Waals surface area (Å²) in [6.45, 7) is 6.52. The van der Waals surface area contributed by atoms with Crippen molar-refractivity contribution in [2.24, 2.45) is 0 Å². The van der Waals surface area contributed by atoms with E-state index in [1.165, 1.54) is 0 Å². The summed E-state index contributed by atoms with van der Waals surface area (Å²) >= 11 is 0. The molecule has 24 heavy (non-hydrogen) atoms. The van der Waals surface area contributed by atoms with Gasteiger partial charge < -0.3 is 4.52 Å². The number of aromatic nitrogens is 1. The van der Waals surface area contributed by atoms with Gasteiger partial charge >= 0.3 is 0 Å². The van der Waals surface area contributed by atoms with E-state index in [-0.39, 0.29) is 6.04 Å². The second-order valence-electron chi connectivity index (χ2n) is 6.49. The van der Waals surface area contributed by atoms with Crippen LogP contribution in [0.5, 0.6) is 0 Å². The Kier molecular flexibility index (Phi) is 4.78. The van der Waals surface area contributed by atoms with Gasteiger partial charge in [-0.25, -0.2) is 8.42 Å². The van der Waals surface area contributed by atoms with Gasteiger partial charge in [0.05, 0.1) is 10.9 Å². The molecule has 0 radical (unpaired) electrons. The van der Waals surface area contributed by atoms with Crippen molar-refractivity contribution in [1.82, 2.24) is 9.46 Å². The summed E-state index contributed by atoms with van der Waals surface area (Å²) in [6.07, 6.45) is 3.42. The van der Waals surface area contributed by atoms with Crippen molar-refractivity contribution < 1.29 is 12.9 Å². The minimum absolute atomic E-state index is 0.231. The smallest absolute Gasteiger partial charge is 0.243 e. The Hall–Kier alpha value is -1.66. The molecule has 0 saturated carbocycles. The van der Waals surface area contributed by atoms with E-state index >= 15 is 0 Å². The zero-order valence-corrected chi connectivity index (χ0v) is 15.3. The van der Waals surface area contributed by atoms with E-state index in [1.807, 2.05) is 26.0 Å². The fourth-order valence-corrected chi connectivity index (χ4v) is 4.94. The van der Waals surface area contributed by atoms with Crippen LogP contribution in [0.2, 0.25) is 0 Å². The van der Waals surface area contributed by atoms with E-state index in [1.54, 1.807) is 16.4 Å². The number of rotatable bonds is 5. The van der Waals surface area contributed by atoms with Gasteiger partial charge in [0.15, 0.2) is 0 Å². The van der Waals surface area contributed by atoms with Crippen molar-refractivity contribution in [3.05, 3.63) is 46.8 Å². The maximum absolute atomic E-state index is 13.1. The second-order valence-corrected chi connectivity index (χ2v) is 8.38. The molecule has 1 fully saturated rings. The van der Waals surface area contributed by atoms with E-state index in [0.717, 1.165) is 48.3 Å². The first-order valence-electron chi connectivity index (χ1n) is 8.48. The van der Waals surface area contributed by atoms with Gasteiger partial charge in [0, 0.05) is 19.0 Å². The van der Waals surface area contributed by atoms with E-state index in [9.17, 15) is 8.42 Å². The van der Waals surface area contributed by atoms with E-state index in [2.05, 4.69) is 12.1 Å². The largest absolute Gasteiger partial charge is 0.361 e. The SMILES string of the molecule is CCCc1cc([C@@H]2CCCN2S(=O)(=O)c2ccc(C)c(C)c2)no1. The van der Waals surface area contributed by atoms with E-state index < -0.39 is 10.0 Å². The molecule has 1 aromatic carbocycles. The van der Waals surface area contributed by atoms with Crippen LogP contribution in [0.25, 0.3) is 0 Å². The lowest BCUT2D eigenvalue weighted by molar-refractivity contribution is 0.343. The molecule has 2 aromatic rings. The molecule has 0 spiro atoms. The summed E-state index contributed by atoms with van der Waals surface area (Å²) in [6, 6.07) is 6.99. The lowest BCUT2D eigenvalue weighted by Crippen LogP contribution is -2.31. The Morgan fingerprint density at radius 3 is 2.75 bits per heavy atom. The standard InChI is InChI=1S/C18H24N2O3S/c1-4-6-15-12-17(19-23-15)18-7-5-10-20(18)24(21,22)16-9-8-13(2)14(3)11-16/h8-9,11-12,18H,4-7,10H2,1-3H3/t18-/m0/s1. The van der Waals surface area contributed by atoms with Gasteiger partial charge in [-0.1, -0.05) is 18.1 Å². The lowest BCUT2D eigenvalue weighted by Gasteiger charge is -2.22. The molecule has 130 valence electrons. The summed E-state index contributed by atoms with van der Waals surface area (Å²) < 4.78 is 33.1. The third-order valence-electron chi connectivity index (χ3n) is 4.70. The zero-order chi connectivity index (χ0) is 17.3. The summed E-state index contributed by atoms with van der Waals surface area (Å²) in [7, 11) is -3.53. The Bertz CT molecular complexity index is 827. The zero-order valence-electron chi connectivity index (χ0n) is 14.4. The highest BCUT2D eigenvalue weighted by atomic mass is 32.2. The number of nitrogens with zero attached hydrogens (tertiary/aromatic N) is 2. The van der Waals surface area contributed by atoms with Crippen LogP contribution < -0.4 is 0 Å². The highest BCUT2D eigenvalue weighted by Crippen LogP contribution is 2.36. The highest BCUT2D eigenvalue weighted by molar-refractivity contribution is 7.89. The average Bonchev–Trinajstić information content (AvgIpc) is 3.19. The average molecular weight is 348 g/mol. The summed E-state index contributed by atoms with van der Waals surface area (Å²) in [5.41, 5.74) is 2.80. The molecule has 0 amide bonds. The minimum atomic E-state index is -3.53. The van der Waals surface area contributed by atoms with E-state index in [4.69, 9.17) is 4.52 Å². The van der Waals surface area contributed by atoms with Crippen LogP contribution in [-0.4, -0.2) is 24.4 Å². The topological polar surface area (TPSA) is 63.4 Å². The Morgan fingerprint density at radius 1 is 1.25 bits per heavy atom. The first-order chi connectivity index (χ1) is 11.4. The van der Waals surface area contributed by atoms with E-state index in [0.29, 0.717) is 11.4 Å². The number of sulfonamides is 1. The first kappa shape index (κ1) is 17.2. The lowest BCUT2D eigenvalue weighted by atomic mass is 10.1. The van der Waals surface area contributed by atoms with Gasteiger partial charge in [0.2, 0.25) is 10.0 Å². The maximum atomic E-state index is 13.1.